The predicted molar refractivity (Wildman–Crippen MR) is 90.6 cm³/mol. The van der Waals surface area contributed by atoms with Crippen molar-refractivity contribution in [2.45, 2.75) is 43.3 Å². The van der Waals surface area contributed by atoms with Gasteiger partial charge in [0.2, 0.25) is 0 Å². The molecule has 2 aromatic rings. The van der Waals surface area contributed by atoms with Crippen molar-refractivity contribution >= 4 is 11.8 Å². The van der Waals surface area contributed by atoms with Crippen LogP contribution in [0, 0.1) is 6.92 Å². The molecular formula is C19H22OS. The first kappa shape index (κ1) is 14.5. The van der Waals surface area contributed by atoms with Crippen LogP contribution in [0.15, 0.2) is 47.4 Å². The maximum absolute atomic E-state index is 6.17. The SMILES string of the molecule is Cc1ccc(C(C)C)c(OCC2Cc3ccccc3S2)c1. The van der Waals surface area contributed by atoms with E-state index in [9.17, 15) is 0 Å². The van der Waals surface area contributed by atoms with E-state index < -0.39 is 0 Å². The van der Waals surface area contributed by atoms with Crippen molar-refractivity contribution in [2.75, 3.05) is 6.61 Å². The van der Waals surface area contributed by atoms with Crippen LogP contribution < -0.4 is 4.74 Å². The minimum atomic E-state index is 0.494. The number of fused-ring (bicyclic) bond motifs is 1. The lowest BCUT2D eigenvalue weighted by Crippen LogP contribution is -2.14. The first-order valence-corrected chi connectivity index (χ1v) is 8.49. The molecule has 21 heavy (non-hydrogen) atoms. The Kier molecular flexibility index (Phi) is 4.25. The molecule has 1 aliphatic rings. The zero-order chi connectivity index (χ0) is 14.8. The largest absolute Gasteiger partial charge is 0.492 e. The lowest BCUT2D eigenvalue weighted by atomic mass is 10.0. The molecule has 0 amide bonds. The second kappa shape index (κ2) is 6.15. The van der Waals surface area contributed by atoms with E-state index in [-0.39, 0.29) is 0 Å². The van der Waals surface area contributed by atoms with Crippen LogP contribution in [0.3, 0.4) is 0 Å². The highest BCUT2D eigenvalue weighted by Crippen LogP contribution is 2.37. The summed E-state index contributed by atoms with van der Waals surface area (Å²) in [4.78, 5) is 1.42. The molecule has 3 rings (SSSR count). The van der Waals surface area contributed by atoms with Crippen LogP contribution in [0.4, 0.5) is 0 Å². The highest BCUT2D eigenvalue weighted by Gasteiger charge is 2.22. The van der Waals surface area contributed by atoms with Crippen molar-refractivity contribution in [3.05, 3.63) is 59.2 Å². The molecule has 2 aromatic carbocycles. The van der Waals surface area contributed by atoms with E-state index in [4.69, 9.17) is 4.74 Å². The fourth-order valence-electron chi connectivity index (χ4n) is 2.77. The average molecular weight is 298 g/mol. The Balaban J connectivity index is 1.68. The van der Waals surface area contributed by atoms with Gasteiger partial charge in [0.1, 0.15) is 12.4 Å². The third-order valence-electron chi connectivity index (χ3n) is 3.93. The lowest BCUT2D eigenvalue weighted by Gasteiger charge is -2.17. The van der Waals surface area contributed by atoms with Gasteiger partial charge < -0.3 is 4.74 Å². The minimum absolute atomic E-state index is 0.494. The Morgan fingerprint density at radius 2 is 2.00 bits per heavy atom. The van der Waals surface area contributed by atoms with Crippen LogP contribution >= 0.6 is 11.8 Å². The summed E-state index contributed by atoms with van der Waals surface area (Å²) in [6, 6.07) is 15.2. The molecule has 110 valence electrons. The molecule has 0 aliphatic carbocycles. The van der Waals surface area contributed by atoms with Gasteiger partial charge in [-0.25, -0.2) is 0 Å². The molecule has 1 atom stereocenters. The number of hydrogen-bond acceptors (Lipinski definition) is 2. The molecule has 0 saturated carbocycles. The van der Waals surface area contributed by atoms with Gasteiger partial charge in [-0.1, -0.05) is 44.2 Å². The molecular weight excluding hydrogens is 276 g/mol. The third kappa shape index (κ3) is 3.26. The second-order valence-electron chi connectivity index (χ2n) is 6.06. The van der Waals surface area contributed by atoms with E-state index in [2.05, 4.69) is 63.2 Å². The summed E-state index contributed by atoms with van der Waals surface area (Å²) in [6.45, 7) is 7.34. The smallest absolute Gasteiger partial charge is 0.123 e. The summed E-state index contributed by atoms with van der Waals surface area (Å²) >= 11 is 1.95. The summed E-state index contributed by atoms with van der Waals surface area (Å²) in [6.07, 6.45) is 1.11. The summed E-state index contributed by atoms with van der Waals surface area (Å²) in [5, 5.41) is 0.530. The van der Waals surface area contributed by atoms with Gasteiger partial charge in [0.25, 0.3) is 0 Å². The second-order valence-corrected chi connectivity index (χ2v) is 7.40. The lowest BCUT2D eigenvalue weighted by molar-refractivity contribution is 0.313. The van der Waals surface area contributed by atoms with E-state index in [0.717, 1.165) is 18.8 Å². The van der Waals surface area contributed by atoms with Gasteiger partial charge in [0, 0.05) is 10.1 Å². The van der Waals surface area contributed by atoms with Crippen LogP contribution in [0.1, 0.15) is 36.5 Å². The van der Waals surface area contributed by atoms with Crippen molar-refractivity contribution in [2.24, 2.45) is 0 Å². The van der Waals surface area contributed by atoms with E-state index in [1.165, 1.54) is 21.6 Å². The minimum Gasteiger partial charge on any atom is -0.492 e. The molecule has 0 bridgehead atoms. The van der Waals surface area contributed by atoms with E-state index in [0.29, 0.717) is 11.2 Å². The van der Waals surface area contributed by atoms with Crippen molar-refractivity contribution < 1.29 is 4.74 Å². The van der Waals surface area contributed by atoms with Gasteiger partial charge in [-0.15, -0.1) is 11.8 Å². The molecule has 1 nitrogen and oxygen atoms in total. The van der Waals surface area contributed by atoms with Gasteiger partial charge in [0.15, 0.2) is 0 Å². The van der Waals surface area contributed by atoms with E-state index in [1.807, 2.05) is 11.8 Å². The van der Waals surface area contributed by atoms with Crippen molar-refractivity contribution in [1.82, 2.24) is 0 Å². The zero-order valence-corrected chi connectivity index (χ0v) is 13.7. The van der Waals surface area contributed by atoms with Gasteiger partial charge in [0.05, 0.1) is 0 Å². The summed E-state index contributed by atoms with van der Waals surface area (Å²) in [5.74, 6) is 1.55. The van der Waals surface area contributed by atoms with Gasteiger partial charge in [-0.05, 0) is 48.1 Å². The molecule has 0 radical (unpaired) electrons. The average Bonchev–Trinajstić information content (AvgIpc) is 2.87. The number of ether oxygens (including phenoxy) is 1. The quantitative estimate of drug-likeness (QED) is 0.766. The van der Waals surface area contributed by atoms with Crippen LogP contribution in [-0.4, -0.2) is 11.9 Å². The third-order valence-corrected chi connectivity index (χ3v) is 5.22. The van der Waals surface area contributed by atoms with Crippen molar-refractivity contribution in [3.8, 4) is 5.75 Å². The molecule has 0 N–H and O–H groups in total. The van der Waals surface area contributed by atoms with E-state index >= 15 is 0 Å². The van der Waals surface area contributed by atoms with Crippen LogP contribution in [-0.2, 0) is 6.42 Å². The summed E-state index contributed by atoms with van der Waals surface area (Å²) in [5.41, 5.74) is 4.03. The monoisotopic (exact) mass is 298 g/mol. The molecule has 1 aliphatic heterocycles. The molecule has 0 aromatic heterocycles. The molecule has 0 spiro atoms. The highest BCUT2D eigenvalue weighted by molar-refractivity contribution is 8.00. The number of aryl methyl sites for hydroxylation is 1. The maximum atomic E-state index is 6.17. The fourth-order valence-corrected chi connectivity index (χ4v) is 3.99. The van der Waals surface area contributed by atoms with Crippen LogP contribution in [0.25, 0.3) is 0 Å². The van der Waals surface area contributed by atoms with Crippen LogP contribution in [0.2, 0.25) is 0 Å². The maximum Gasteiger partial charge on any atom is 0.123 e. The van der Waals surface area contributed by atoms with E-state index in [1.54, 1.807) is 0 Å². The Labute approximate surface area is 131 Å². The first-order chi connectivity index (χ1) is 10.1. The Morgan fingerprint density at radius 1 is 1.19 bits per heavy atom. The molecule has 0 saturated heterocycles. The Hall–Kier alpha value is -1.41. The highest BCUT2D eigenvalue weighted by atomic mass is 32.2. The van der Waals surface area contributed by atoms with Crippen molar-refractivity contribution in [1.29, 1.82) is 0 Å². The number of hydrogen-bond donors (Lipinski definition) is 0. The molecule has 2 heteroatoms. The van der Waals surface area contributed by atoms with Gasteiger partial charge in [-0.3, -0.25) is 0 Å². The summed E-state index contributed by atoms with van der Waals surface area (Å²) in [7, 11) is 0. The zero-order valence-electron chi connectivity index (χ0n) is 12.9. The van der Waals surface area contributed by atoms with Gasteiger partial charge in [-0.2, -0.15) is 0 Å². The first-order valence-electron chi connectivity index (χ1n) is 7.61. The van der Waals surface area contributed by atoms with Crippen molar-refractivity contribution in [3.63, 3.8) is 0 Å². The fraction of sp³-hybridized carbons (Fsp3) is 0.368. The molecule has 1 unspecified atom stereocenters. The van der Waals surface area contributed by atoms with Gasteiger partial charge >= 0.3 is 0 Å². The number of rotatable bonds is 4. The number of thioether (sulfide) groups is 1. The molecule has 1 heterocycles. The topological polar surface area (TPSA) is 9.23 Å². The normalized spacial score (nSPS) is 17.0. The van der Waals surface area contributed by atoms with Crippen LogP contribution in [0.5, 0.6) is 5.75 Å². The summed E-state index contributed by atoms with van der Waals surface area (Å²) < 4.78 is 6.17. The Morgan fingerprint density at radius 3 is 2.76 bits per heavy atom. The predicted octanol–water partition coefficient (Wildman–Crippen LogP) is 5.21. The standard InChI is InChI=1S/C19H22OS/c1-13(2)17-9-8-14(3)10-18(17)20-12-16-11-15-6-4-5-7-19(15)21-16/h4-10,13,16H,11-12H2,1-3H3. The molecule has 0 fully saturated rings. The Bertz CT molecular complexity index is 608. The number of benzene rings is 2.